The Morgan fingerprint density at radius 2 is 1.83 bits per heavy atom. The molecule has 1 aliphatic rings. The van der Waals surface area contributed by atoms with Crippen molar-refractivity contribution in [2.24, 2.45) is 5.92 Å². The molecule has 0 spiro atoms. The first-order valence-corrected chi connectivity index (χ1v) is 10.9. The van der Waals surface area contributed by atoms with Crippen LogP contribution in [0.1, 0.15) is 43.2 Å². The average Bonchev–Trinajstić information content (AvgIpc) is 2.76. The van der Waals surface area contributed by atoms with Crippen LogP contribution in [-0.2, 0) is 20.9 Å². The molecule has 0 heterocycles. The molecule has 2 aromatic rings. The molecular weight excluding hydrogens is 449 g/mol. The molecule has 1 aliphatic carbocycles. The van der Waals surface area contributed by atoms with Crippen LogP contribution in [0.25, 0.3) is 6.08 Å². The topological polar surface area (TPSA) is 46.6 Å². The Kier molecular flexibility index (Phi) is 7.80. The third kappa shape index (κ3) is 6.02. The summed E-state index contributed by atoms with van der Waals surface area (Å²) in [5.41, 5.74) is 1.93. The molecule has 0 N–H and O–H groups in total. The van der Waals surface area contributed by atoms with E-state index in [1.807, 2.05) is 24.3 Å². The standard InChI is InChI=1S/C24H25BrFNO3/c1-30-23(28)12-9-18-13-21(26)15-22(14-18)27(16-17-7-10-20(25)11-8-17)24(29)19-5-3-2-4-6-19/h7-15,19H,2-6,16H2,1H3/b12-9+. The third-order valence-electron chi connectivity index (χ3n) is 5.30. The van der Waals surface area contributed by atoms with Gasteiger partial charge in [-0.05, 0) is 60.4 Å². The van der Waals surface area contributed by atoms with Crippen molar-refractivity contribution in [2.45, 2.75) is 38.6 Å². The van der Waals surface area contributed by atoms with Crippen molar-refractivity contribution in [3.63, 3.8) is 0 Å². The SMILES string of the molecule is COC(=O)/C=C/c1cc(F)cc(N(Cc2ccc(Br)cc2)C(=O)C2CCCCC2)c1. The van der Waals surface area contributed by atoms with Gasteiger partial charge in [-0.1, -0.05) is 47.3 Å². The smallest absolute Gasteiger partial charge is 0.330 e. The van der Waals surface area contributed by atoms with Crippen LogP contribution >= 0.6 is 15.9 Å². The van der Waals surface area contributed by atoms with E-state index in [9.17, 15) is 14.0 Å². The summed E-state index contributed by atoms with van der Waals surface area (Å²) in [6, 6.07) is 12.2. The van der Waals surface area contributed by atoms with E-state index < -0.39 is 11.8 Å². The Balaban J connectivity index is 1.94. The average molecular weight is 474 g/mol. The largest absolute Gasteiger partial charge is 0.466 e. The number of hydrogen-bond donors (Lipinski definition) is 0. The molecule has 1 fully saturated rings. The number of hydrogen-bond acceptors (Lipinski definition) is 3. The second-order valence-corrected chi connectivity index (χ2v) is 8.40. The Labute approximate surface area is 184 Å². The molecule has 0 aliphatic heterocycles. The van der Waals surface area contributed by atoms with Crippen LogP contribution < -0.4 is 4.90 Å². The van der Waals surface area contributed by atoms with Crippen molar-refractivity contribution >= 4 is 39.6 Å². The number of methoxy groups -OCH3 is 1. The molecule has 0 unspecified atom stereocenters. The fourth-order valence-electron chi connectivity index (χ4n) is 3.72. The normalized spacial score (nSPS) is 14.6. The van der Waals surface area contributed by atoms with E-state index in [2.05, 4.69) is 20.7 Å². The van der Waals surface area contributed by atoms with Crippen LogP contribution in [0.2, 0.25) is 0 Å². The van der Waals surface area contributed by atoms with Gasteiger partial charge >= 0.3 is 5.97 Å². The second-order valence-electron chi connectivity index (χ2n) is 7.49. The van der Waals surface area contributed by atoms with Crippen LogP contribution in [0.3, 0.4) is 0 Å². The monoisotopic (exact) mass is 473 g/mol. The highest BCUT2D eigenvalue weighted by Crippen LogP contribution is 2.30. The number of esters is 1. The maximum absolute atomic E-state index is 14.4. The van der Waals surface area contributed by atoms with E-state index in [0.717, 1.165) is 42.1 Å². The molecule has 0 atom stereocenters. The number of benzene rings is 2. The lowest BCUT2D eigenvalue weighted by molar-refractivity contribution is -0.134. The van der Waals surface area contributed by atoms with Crippen molar-refractivity contribution in [2.75, 3.05) is 12.0 Å². The van der Waals surface area contributed by atoms with Crippen LogP contribution in [0.4, 0.5) is 10.1 Å². The summed E-state index contributed by atoms with van der Waals surface area (Å²) >= 11 is 3.43. The minimum absolute atomic E-state index is 0.0196. The second kappa shape index (κ2) is 10.5. The van der Waals surface area contributed by atoms with E-state index in [0.29, 0.717) is 17.8 Å². The summed E-state index contributed by atoms with van der Waals surface area (Å²) < 4.78 is 20.0. The fraction of sp³-hybridized carbons (Fsp3) is 0.333. The van der Waals surface area contributed by atoms with Gasteiger partial charge < -0.3 is 9.64 Å². The molecule has 6 heteroatoms. The van der Waals surface area contributed by atoms with Gasteiger partial charge in [-0.2, -0.15) is 0 Å². The van der Waals surface area contributed by atoms with E-state index >= 15 is 0 Å². The minimum Gasteiger partial charge on any atom is -0.466 e. The molecule has 1 saturated carbocycles. The van der Waals surface area contributed by atoms with Gasteiger partial charge in [-0.3, -0.25) is 4.79 Å². The van der Waals surface area contributed by atoms with Gasteiger partial charge in [0.25, 0.3) is 0 Å². The number of nitrogens with zero attached hydrogens (tertiary/aromatic N) is 1. The minimum atomic E-state index is -0.522. The van der Waals surface area contributed by atoms with E-state index in [1.165, 1.54) is 31.4 Å². The Morgan fingerprint density at radius 3 is 2.50 bits per heavy atom. The van der Waals surface area contributed by atoms with E-state index in [-0.39, 0.29) is 11.8 Å². The predicted octanol–water partition coefficient (Wildman–Crippen LogP) is 5.89. The first-order valence-electron chi connectivity index (χ1n) is 10.1. The molecule has 2 aromatic carbocycles. The molecule has 4 nitrogen and oxygen atoms in total. The van der Waals surface area contributed by atoms with Gasteiger partial charge in [-0.15, -0.1) is 0 Å². The van der Waals surface area contributed by atoms with Gasteiger partial charge in [0, 0.05) is 22.2 Å². The van der Waals surface area contributed by atoms with Crippen molar-refractivity contribution in [3.05, 3.63) is 70.0 Å². The molecule has 1 amide bonds. The molecule has 0 saturated heterocycles. The molecule has 158 valence electrons. The lowest BCUT2D eigenvalue weighted by Crippen LogP contribution is -2.36. The summed E-state index contributed by atoms with van der Waals surface area (Å²) in [5.74, 6) is -1.02. The van der Waals surface area contributed by atoms with Crippen molar-refractivity contribution in [1.29, 1.82) is 0 Å². The summed E-state index contributed by atoms with van der Waals surface area (Å²) in [4.78, 5) is 26.5. The number of anilines is 1. The summed E-state index contributed by atoms with van der Waals surface area (Å²) in [6.45, 7) is 0.353. The zero-order chi connectivity index (χ0) is 21.5. The van der Waals surface area contributed by atoms with Gasteiger partial charge in [0.1, 0.15) is 5.82 Å². The highest BCUT2D eigenvalue weighted by Gasteiger charge is 2.27. The third-order valence-corrected chi connectivity index (χ3v) is 5.83. The molecule has 3 rings (SSSR count). The lowest BCUT2D eigenvalue weighted by Gasteiger charge is -2.30. The Hall–Kier alpha value is -2.47. The predicted molar refractivity (Wildman–Crippen MR) is 119 cm³/mol. The van der Waals surface area contributed by atoms with Gasteiger partial charge in [-0.25, -0.2) is 9.18 Å². The maximum Gasteiger partial charge on any atom is 0.330 e. The van der Waals surface area contributed by atoms with Crippen LogP contribution in [0, 0.1) is 11.7 Å². The van der Waals surface area contributed by atoms with Crippen molar-refractivity contribution in [3.8, 4) is 0 Å². The zero-order valence-electron chi connectivity index (χ0n) is 16.9. The van der Waals surface area contributed by atoms with Crippen LogP contribution in [0.15, 0.2) is 53.0 Å². The van der Waals surface area contributed by atoms with E-state index in [4.69, 9.17) is 0 Å². The van der Waals surface area contributed by atoms with Crippen LogP contribution in [-0.4, -0.2) is 19.0 Å². The highest BCUT2D eigenvalue weighted by molar-refractivity contribution is 9.10. The van der Waals surface area contributed by atoms with Gasteiger partial charge in [0.15, 0.2) is 0 Å². The number of rotatable bonds is 6. The Bertz CT molecular complexity index is 921. The maximum atomic E-state index is 14.4. The zero-order valence-corrected chi connectivity index (χ0v) is 18.5. The van der Waals surface area contributed by atoms with Crippen molar-refractivity contribution < 1.29 is 18.7 Å². The van der Waals surface area contributed by atoms with Gasteiger partial charge in [0.05, 0.1) is 13.7 Å². The summed E-state index contributed by atoms with van der Waals surface area (Å²) in [6.07, 6.45) is 7.68. The fourth-order valence-corrected chi connectivity index (χ4v) is 3.98. The highest BCUT2D eigenvalue weighted by atomic mass is 79.9. The number of amides is 1. The number of ether oxygens (including phenoxy) is 1. The lowest BCUT2D eigenvalue weighted by atomic mass is 9.88. The Morgan fingerprint density at radius 1 is 1.13 bits per heavy atom. The molecule has 30 heavy (non-hydrogen) atoms. The first kappa shape index (κ1) is 22.2. The summed E-state index contributed by atoms with van der Waals surface area (Å²) in [5, 5.41) is 0. The quantitative estimate of drug-likeness (QED) is 0.388. The first-order chi connectivity index (χ1) is 14.5. The number of halogens is 2. The molecule has 0 aromatic heterocycles. The number of carbonyl (C=O) groups excluding carboxylic acids is 2. The van der Waals surface area contributed by atoms with Gasteiger partial charge in [0.2, 0.25) is 5.91 Å². The molecule has 0 bridgehead atoms. The van der Waals surface area contributed by atoms with E-state index in [1.54, 1.807) is 11.0 Å². The van der Waals surface area contributed by atoms with Crippen LogP contribution in [0.5, 0.6) is 0 Å². The number of carbonyl (C=O) groups is 2. The molecular formula is C24H25BrFNO3. The molecule has 0 radical (unpaired) electrons. The summed E-state index contributed by atoms with van der Waals surface area (Å²) in [7, 11) is 1.28. The van der Waals surface area contributed by atoms with Crippen molar-refractivity contribution in [1.82, 2.24) is 0 Å².